The number of nitrogens with zero attached hydrogens (tertiary/aromatic N) is 1. The van der Waals surface area contributed by atoms with Gasteiger partial charge in [-0.05, 0) is 35.4 Å². The van der Waals surface area contributed by atoms with Crippen LogP contribution in [0.3, 0.4) is 0 Å². The molecule has 0 spiro atoms. The van der Waals surface area contributed by atoms with Gasteiger partial charge in [-0.25, -0.2) is 4.98 Å². The summed E-state index contributed by atoms with van der Waals surface area (Å²) in [5.74, 6) is -0.485. The van der Waals surface area contributed by atoms with Crippen molar-refractivity contribution in [2.75, 3.05) is 12.4 Å². The molecule has 3 N–H and O–H groups in total. The molecule has 4 aromatic rings. The molecule has 0 fully saturated rings. The van der Waals surface area contributed by atoms with Gasteiger partial charge >= 0.3 is 6.18 Å². The number of methoxy groups -OCH3 is 1. The highest BCUT2D eigenvalue weighted by Crippen LogP contribution is 2.30. The van der Waals surface area contributed by atoms with Gasteiger partial charge in [0.1, 0.15) is 17.5 Å². The standard InChI is InChI=1S/C28H25F3N4O3S/c1-38-24-13-6-5-12-21(24)34-27-35-23(17-39-27)26(37)33-22(15-18-8-3-2-4-9-18)25(36)32-16-19-10-7-11-20(14-19)28(29,30)31/h2-14,17,22H,15-16H2,1H3,(H,32,36)(H,33,37)(H,34,35). The van der Waals surface area contributed by atoms with Gasteiger partial charge in [-0.2, -0.15) is 13.2 Å². The van der Waals surface area contributed by atoms with Gasteiger partial charge in [-0.1, -0.05) is 54.6 Å². The molecule has 1 aromatic heterocycles. The summed E-state index contributed by atoms with van der Waals surface area (Å²) in [7, 11) is 1.55. The van der Waals surface area contributed by atoms with Crippen LogP contribution in [0.2, 0.25) is 0 Å². The molecule has 1 unspecified atom stereocenters. The van der Waals surface area contributed by atoms with Crippen LogP contribution in [0, 0.1) is 0 Å². The third-order valence-corrected chi connectivity index (χ3v) is 6.47. The van der Waals surface area contributed by atoms with E-state index < -0.39 is 29.6 Å². The largest absolute Gasteiger partial charge is 0.495 e. The molecule has 0 aliphatic rings. The van der Waals surface area contributed by atoms with E-state index in [1.807, 2.05) is 48.5 Å². The second kappa shape index (κ2) is 12.4. The van der Waals surface area contributed by atoms with Crippen molar-refractivity contribution in [2.24, 2.45) is 0 Å². The lowest BCUT2D eigenvalue weighted by Gasteiger charge is -2.18. The molecule has 39 heavy (non-hydrogen) atoms. The maximum Gasteiger partial charge on any atom is 0.416 e. The zero-order valence-corrected chi connectivity index (χ0v) is 21.6. The average Bonchev–Trinajstić information content (AvgIpc) is 3.40. The predicted octanol–water partition coefficient (Wildman–Crippen LogP) is 5.57. The molecule has 0 saturated heterocycles. The highest BCUT2D eigenvalue weighted by atomic mass is 32.1. The first kappa shape index (κ1) is 27.6. The SMILES string of the molecule is COc1ccccc1Nc1nc(C(=O)NC(Cc2ccccc2)C(=O)NCc2cccc(C(F)(F)F)c2)cs1. The number of thiazole rings is 1. The van der Waals surface area contributed by atoms with Crippen LogP contribution >= 0.6 is 11.3 Å². The van der Waals surface area contributed by atoms with Crippen molar-refractivity contribution in [3.63, 3.8) is 0 Å². The summed E-state index contributed by atoms with van der Waals surface area (Å²) in [5, 5.41) is 10.5. The molecule has 3 aromatic carbocycles. The average molecular weight is 555 g/mol. The van der Waals surface area contributed by atoms with Crippen LogP contribution in [-0.2, 0) is 23.9 Å². The van der Waals surface area contributed by atoms with Crippen molar-refractivity contribution >= 4 is 34.0 Å². The summed E-state index contributed by atoms with van der Waals surface area (Å²) in [5.41, 5.74) is 1.08. The van der Waals surface area contributed by atoms with E-state index in [0.29, 0.717) is 16.6 Å². The number of carbonyl (C=O) groups excluding carboxylic acids is 2. The number of rotatable bonds is 10. The van der Waals surface area contributed by atoms with Crippen LogP contribution in [0.4, 0.5) is 24.0 Å². The molecule has 1 heterocycles. The molecule has 1 atom stereocenters. The Bertz CT molecular complexity index is 1430. The predicted molar refractivity (Wildman–Crippen MR) is 143 cm³/mol. The van der Waals surface area contributed by atoms with E-state index >= 15 is 0 Å². The zero-order chi connectivity index (χ0) is 27.8. The van der Waals surface area contributed by atoms with E-state index in [-0.39, 0.29) is 24.2 Å². The Morgan fingerprint density at radius 1 is 0.974 bits per heavy atom. The third-order valence-electron chi connectivity index (χ3n) is 5.71. The van der Waals surface area contributed by atoms with Gasteiger partial charge in [0.15, 0.2) is 5.13 Å². The van der Waals surface area contributed by atoms with Gasteiger partial charge in [0, 0.05) is 18.3 Å². The molecule has 4 rings (SSSR count). The first-order valence-corrected chi connectivity index (χ1v) is 12.7. The number of carbonyl (C=O) groups is 2. The van der Waals surface area contributed by atoms with Gasteiger partial charge in [0.05, 0.1) is 18.4 Å². The fraction of sp³-hybridized carbons (Fsp3) is 0.179. The molecule has 0 radical (unpaired) electrons. The number of hydrogen-bond acceptors (Lipinski definition) is 6. The fourth-order valence-electron chi connectivity index (χ4n) is 3.76. The second-order valence-electron chi connectivity index (χ2n) is 8.49. The van der Waals surface area contributed by atoms with Crippen LogP contribution in [0.15, 0.2) is 84.2 Å². The molecule has 2 amide bonds. The van der Waals surface area contributed by atoms with Crippen molar-refractivity contribution in [3.05, 3.63) is 107 Å². The molecule has 0 aliphatic heterocycles. The molecule has 0 bridgehead atoms. The highest BCUT2D eigenvalue weighted by molar-refractivity contribution is 7.14. The number of nitrogens with one attached hydrogen (secondary N) is 3. The first-order chi connectivity index (χ1) is 18.7. The molecule has 0 saturated carbocycles. The van der Waals surface area contributed by atoms with Crippen LogP contribution < -0.4 is 20.7 Å². The topological polar surface area (TPSA) is 92.3 Å². The van der Waals surface area contributed by atoms with Gasteiger partial charge < -0.3 is 20.7 Å². The Hall–Kier alpha value is -4.38. The van der Waals surface area contributed by atoms with Gasteiger partial charge in [0.25, 0.3) is 5.91 Å². The van der Waals surface area contributed by atoms with E-state index in [2.05, 4.69) is 20.9 Å². The highest BCUT2D eigenvalue weighted by Gasteiger charge is 2.30. The van der Waals surface area contributed by atoms with Crippen LogP contribution in [0.5, 0.6) is 5.75 Å². The molecular weight excluding hydrogens is 529 g/mol. The number of hydrogen-bond donors (Lipinski definition) is 3. The fourth-order valence-corrected chi connectivity index (χ4v) is 4.46. The number of benzene rings is 3. The van der Waals surface area contributed by atoms with Crippen molar-refractivity contribution in [1.82, 2.24) is 15.6 Å². The summed E-state index contributed by atoms with van der Waals surface area (Å²) in [4.78, 5) is 30.5. The molecule has 0 aliphatic carbocycles. The Balaban J connectivity index is 1.46. The van der Waals surface area contributed by atoms with Gasteiger partial charge in [0.2, 0.25) is 5.91 Å². The Morgan fingerprint density at radius 3 is 2.44 bits per heavy atom. The zero-order valence-electron chi connectivity index (χ0n) is 20.8. The molecule has 7 nitrogen and oxygen atoms in total. The lowest BCUT2D eigenvalue weighted by Crippen LogP contribution is -2.48. The molecular formula is C28H25F3N4O3S. The number of para-hydroxylation sites is 2. The lowest BCUT2D eigenvalue weighted by molar-refractivity contribution is -0.137. The summed E-state index contributed by atoms with van der Waals surface area (Å²) in [6.45, 7) is -0.131. The van der Waals surface area contributed by atoms with Crippen LogP contribution in [0.1, 0.15) is 27.2 Å². The van der Waals surface area contributed by atoms with Crippen molar-refractivity contribution < 1.29 is 27.5 Å². The molecule has 11 heteroatoms. The lowest BCUT2D eigenvalue weighted by atomic mass is 10.0. The van der Waals surface area contributed by atoms with E-state index in [1.54, 1.807) is 18.6 Å². The Labute approximate surface area is 227 Å². The monoisotopic (exact) mass is 554 g/mol. The number of alkyl halides is 3. The van der Waals surface area contributed by atoms with E-state index in [1.165, 1.54) is 23.5 Å². The summed E-state index contributed by atoms with van der Waals surface area (Å²) >= 11 is 1.21. The number of aromatic nitrogens is 1. The van der Waals surface area contributed by atoms with Crippen molar-refractivity contribution in [3.8, 4) is 5.75 Å². The van der Waals surface area contributed by atoms with Crippen molar-refractivity contribution in [1.29, 1.82) is 0 Å². The van der Waals surface area contributed by atoms with Crippen LogP contribution in [0.25, 0.3) is 0 Å². The van der Waals surface area contributed by atoms with Gasteiger partial charge in [-0.3, -0.25) is 9.59 Å². The van der Waals surface area contributed by atoms with E-state index in [0.717, 1.165) is 17.7 Å². The minimum absolute atomic E-state index is 0.112. The maximum atomic E-state index is 13.1. The number of halogens is 3. The van der Waals surface area contributed by atoms with Gasteiger partial charge in [-0.15, -0.1) is 11.3 Å². The van der Waals surface area contributed by atoms with Crippen LogP contribution in [-0.4, -0.2) is 29.9 Å². The Morgan fingerprint density at radius 2 is 1.69 bits per heavy atom. The Kier molecular flexibility index (Phi) is 8.82. The number of anilines is 2. The third kappa shape index (κ3) is 7.57. The summed E-state index contributed by atoms with van der Waals surface area (Å²) < 4.78 is 44.5. The summed E-state index contributed by atoms with van der Waals surface area (Å²) in [6.07, 6.45) is -4.31. The molecule has 202 valence electrons. The minimum Gasteiger partial charge on any atom is -0.495 e. The minimum atomic E-state index is -4.49. The van der Waals surface area contributed by atoms with E-state index in [4.69, 9.17) is 4.74 Å². The maximum absolute atomic E-state index is 13.1. The first-order valence-electron chi connectivity index (χ1n) is 11.9. The normalized spacial score (nSPS) is 11.9. The number of amides is 2. The summed E-state index contributed by atoms with van der Waals surface area (Å²) in [6, 6.07) is 20.1. The second-order valence-corrected chi connectivity index (χ2v) is 9.35. The smallest absolute Gasteiger partial charge is 0.416 e. The number of ether oxygens (including phenoxy) is 1. The van der Waals surface area contributed by atoms with Crippen molar-refractivity contribution in [2.45, 2.75) is 25.2 Å². The van der Waals surface area contributed by atoms with E-state index in [9.17, 15) is 22.8 Å². The quantitative estimate of drug-likeness (QED) is 0.238.